The predicted octanol–water partition coefficient (Wildman–Crippen LogP) is 2.55. The summed E-state index contributed by atoms with van der Waals surface area (Å²) in [6, 6.07) is 7.39. The van der Waals surface area contributed by atoms with Crippen LogP contribution in [0.15, 0.2) is 34.2 Å². The van der Waals surface area contributed by atoms with Gasteiger partial charge in [-0.2, -0.15) is 0 Å². The summed E-state index contributed by atoms with van der Waals surface area (Å²) in [5.74, 6) is 1.32. The average Bonchev–Trinajstić information content (AvgIpc) is 3.01. The highest BCUT2D eigenvalue weighted by Crippen LogP contribution is 2.17. The van der Waals surface area contributed by atoms with E-state index in [-0.39, 0.29) is 4.90 Å². The molecule has 1 atom stereocenters. The highest BCUT2D eigenvalue weighted by molar-refractivity contribution is 7.89. The molecule has 0 radical (unpaired) electrons. The minimum Gasteiger partial charge on any atom is -0.357 e. The Hall–Kier alpha value is -1.64. The first-order valence-corrected chi connectivity index (χ1v) is 12.6. The van der Waals surface area contributed by atoms with Crippen molar-refractivity contribution < 1.29 is 8.42 Å². The third-order valence-electron chi connectivity index (χ3n) is 5.60. The molecule has 170 valence electrons. The van der Waals surface area contributed by atoms with E-state index in [9.17, 15) is 8.42 Å². The third kappa shape index (κ3) is 7.56. The lowest BCUT2D eigenvalue weighted by molar-refractivity contribution is 0.161. The molecule has 30 heavy (non-hydrogen) atoms. The van der Waals surface area contributed by atoms with Crippen molar-refractivity contribution in [2.24, 2.45) is 10.9 Å². The average molecular weight is 438 g/mol. The Balaban J connectivity index is 2.05. The predicted molar refractivity (Wildman–Crippen MR) is 124 cm³/mol. The second-order valence-electron chi connectivity index (χ2n) is 8.19. The van der Waals surface area contributed by atoms with Gasteiger partial charge < -0.3 is 10.6 Å². The zero-order valence-electron chi connectivity index (χ0n) is 18.9. The number of guanidine groups is 1. The van der Waals surface area contributed by atoms with Crippen LogP contribution in [0.2, 0.25) is 0 Å². The lowest BCUT2D eigenvalue weighted by Crippen LogP contribution is -2.49. The van der Waals surface area contributed by atoms with Crippen LogP contribution >= 0.6 is 0 Å². The van der Waals surface area contributed by atoms with E-state index in [1.54, 1.807) is 18.2 Å². The van der Waals surface area contributed by atoms with Crippen molar-refractivity contribution in [1.82, 2.24) is 20.3 Å². The van der Waals surface area contributed by atoms with Crippen LogP contribution in [0.3, 0.4) is 0 Å². The van der Waals surface area contributed by atoms with Crippen LogP contribution in [0, 0.1) is 5.92 Å². The number of nitrogens with one attached hydrogen (secondary N) is 3. The van der Waals surface area contributed by atoms with Crippen LogP contribution < -0.4 is 15.4 Å². The van der Waals surface area contributed by atoms with Crippen LogP contribution in [-0.2, 0) is 16.6 Å². The second kappa shape index (κ2) is 12.3. The standard InChI is InChI=1S/C22H39N5O2S/c1-5-24-22(25-16-19-11-10-12-20(15-19)30(28,29)23-4)26-17-21(18(2)3)27-13-8-6-7-9-14-27/h10-12,15,18,21,23H,5-9,13-14,16-17H2,1-4H3,(H2,24,25,26). The van der Waals surface area contributed by atoms with E-state index >= 15 is 0 Å². The number of likely N-dealkylation sites (tertiary alicyclic amines) is 1. The molecule has 8 heteroatoms. The molecule has 0 spiro atoms. The number of aliphatic imine (C=N–C) groups is 1. The second-order valence-corrected chi connectivity index (χ2v) is 10.1. The monoisotopic (exact) mass is 437 g/mol. The zero-order chi connectivity index (χ0) is 22.0. The van der Waals surface area contributed by atoms with Crippen molar-refractivity contribution in [3.63, 3.8) is 0 Å². The van der Waals surface area contributed by atoms with Crippen LogP contribution in [0.5, 0.6) is 0 Å². The Morgan fingerprint density at radius 3 is 2.43 bits per heavy atom. The van der Waals surface area contributed by atoms with Crippen molar-refractivity contribution >= 4 is 16.0 Å². The van der Waals surface area contributed by atoms with E-state index in [2.05, 4.69) is 39.1 Å². The summed E-state index contributed by atoms with van der Waals surface area (Å²) in [6.07, 6.45) is 5.23. The topological polar surface area (TPSA) is 85.8 Å². The first-order valence-electron chi connectivity index (χ1n) is 11.2. The Bertz CT molecular complexity index is 771. The molecule has 3 N–H and O–H groups in total. The quantitative estimate of drug-likeness (QED) is 0.408. The molecule has 7 nitrogen and oxygen atoms in total. The van der Waals surface area contributed by atoms with Gasteiger partial charge in [0.05, 0.1) is 11.4 Å². The van der Waals surface area contributed by atoms with Gasteiger partial charge in [0.1, 0.15) is 0 Å². The van der Waals surface area contributed by atoms with Gasteiger partial charge in [-0.3, -0.25) is 4.90 Å². The largest absolute Gasteiger partial charge is 0.357 e. The molecule has 1 aromatic rings. The Kier molecular flexibility index (Phi) is 10.1. The minimum absolute atomic E-state index is 0.261. The lowest BCUT2D eigenvalue weighted by atomic mass is 10.0. The summed E-state index contributed by atoms with van der Waals surface area (Å²) in [6.45, 7) is 11.0. The molecule has 1 fully saturated rings. The van der Waals surface area contributed by atoms with Crippen molar-refractivity contribution in [2.45, 2.75) is 63.9 Å². The normalized spacial score (nSPS) is 17.6. The molecule has 1 heterocycles. The van der Waals surface area contributed by atoms with E-state index in [1.807, 2.05) is 13.0 Å². The van der Waals surface area contributed by atoms with Gasteiger partial charge in [-0.25, -0.2) is 18.1 Å². The molecule has 1 aliphatic heterocycles. The van der Waals surface area contributed by atoms with Gasteiger partial charge in [0, 0.05) is 19.1 Å². The molecule has 1 unspecified atom stereocenters. The molecule has 0 aromatic heterocycles. The van der Waals surface area contributed by atoms with Crippen LogP contribution in [-0.4, -0.2) is 58.5 Å². The van der Waals surface area contributed by atoms with Crippen LogP contribution in [0.25, 0.3) is 0 Å². The number of hydrogen-bond acceptors (Lipinski definition) is 4. The molecule has 0 aliphatic carbocycles. The Morgan fingerprint density at radius 2 is 1.83 bits per heavy atom. The van der Waals surface area contributed by atoms with Gasteiger partial charge in [0.25, 0.3) is 0 Å². The fourth-order valence-electron chi connectivity index (χ4n) is 3.86. The van der Waals surface area contributed by atoms with Gasteiger partial charge in [0.2, 0.25) is 10.0 Å². The first-order chi connectivity index (χ1) is 14.4. The minimum atomic E-state index is -3.45. The number of sulfonamides is 1. The summed E-state index contributed by atoms with van der Waals surface area (Å²) >= 11 is 0. The molecule has 1 saturated heterocycles. The van der Waals surface area contributed by atoms with E-state index in [0.717, 1.165) is 24.6 Å². The smallest absolute Gasteiger partial charge is 0.240 e. The highest BCUT2D eigenvalue weighted by Gasteiger charge is 2.23. The van der Waals surface area contributed by atoms with Gasteiger partial charge >= 0.3 is 0 Å². The SMILES string of the molecule is CCNC(=NCc1cccc(S(=O)(=O)NC)c1)NCC(C(C)C)N1CCCCCC1. The fourth-order valence-corrected chi connectivity index (χ4v) is 4.66. The van der Waals surface area contributed by atoms with Crippen molar-refractivity contribution in [1.29, 1.82) is 0 Å². The van der Waals surface area contributed by atoms with Crippen molar-refractivity contribution in [2.75, 3.05) is 33.2 Å². The van der Waals surface area contributed by atoms with Gasteiger partial charge in [-0.15, -0.1) is 0 Å². The van der Waals surface area contributed by atoms with Gasteiger partial charge in [-0.1, -0.05) is 38.8 Å². The zero-order valence-corrected chi connectivity index (χ0v) is 19.8. The molecule has 2 rings (SSSR count). The van der Waals surface area contributed by atoms with Crippen molar-refractivity contribution in [3.05, 3.63) is 29.8 Å². The molecule has 1 aliphatic rings. The van der Waals surface area contributed by atoms with E-state index in [1.165, 1.54) is 45.8 Å². The lowest BCUT2D eigenvalue weighted by Gasteiger charge is -2.34. The van der Waals surface area contributed by atoms with Gasteiger partial charge in [-0.05, 0) is 63.5 Å². The number of benzene rings is 1. The first kappa shape index (κ1) is 24.6. The molecular formula is C22H39N5O2S. The number of nitrogens with zero attached hydrogens (tertiary/aromatic N) is 2. The Morgan fingerprint density at radius 1 is 1.13 bits per heavy atom. The maximum Gasteiger partial charge on any atom is 0.240 e. The molecule has 0 bridgehead atoms. The summed E-state index contributed by atoms with van der Waals surface area (Å²) in [7, 11) is -2.03. The summed E-state index contributed by atoms with van der Waals surface area (Å²) in [4.78, 5) is 7.57. The molecular weight excluding hydrogens is 398 g/mol. The summed E-state index contributed by atoms with van der Waals surface area (Å²) in [5.41, 5.74) is 0.858. The van der Waals surface area contributed by atoms with E-state index in [0.29, 0.717) is 18.5 Å². The maximum atomic E-state index is 12.0. The number of rotatable bonds is 9. The Labute approximate surface area is 182 Å². The van der Waals surface area contributed by atoms with Gasteiger partial charge in [0.15, 0.2) is 5.96 Å². The van der Waals surface area contributed by atoms with Crippen molar-refractivity contribution in [3.8, 4) is 0 Å². The highest BCUT2D eigenvalue weighted by atomic mass is 32.2. The molecule has 0 saturated carbocycles. The van der Waals surface area contributed by atoms with Crippen LogP contribution in [0.4, 0.5) is 0 Å². The third-order valence-corrected chi connectivity index (χ3v) is 7.01. The maximum absolute atomic E-state index is 12.0. The van der Waals surface area contributed by atoms with E-state index in [4.69, 9.17) is 0 Å². The molecule has 1 aromatic carbocycles. The molecule has 0 amide bonds. The summed E-state index contributed by atoms with van der Waals surface area (Å²) < 4.78 is 26.4. The summed E-state index contributed by atoms with van der Waals surface area (Å²) in [5, 5.41) is 6.82. The van der Waals surface area contributed by atoms with E-state index < -0.39 is 10.0 Å². The van der Waals surface area contributed by atoms with Crippen LogP contribution in [0.1, 0.15) is 52.0 Å². The fraction of sp³-hybridized carbons (Fsp3) is 0.682. The number of hydrogen-bond donors (Lipinski definition) is 3.